The van der Waals surface area contributed by atoms with E-state index >= 15 is 0 Å². The number of hydrogen-bond donors (Lipinski definition) is 2. The Bertz CT molecular complexity index is 562. The van der Waals surface area contributed by atoms with E-state index in [1.807, 2.05) is 6.07 Å². The van der Waals surface area contributed by atoms with Crippen LogP contribution >= 0.6 is 11.6 Å². The van der Waals surface area contributed by atoms with Gasteiger partial charge in [0.2, 0.25) is 5.91 Å². The Kier molecular flexibility index (Phi) is 5.02. The maximum absolute atomic E-state index is 12.0. The fourth-order valence-electron chi connectivity index (χ4n) is 2.60. The third-order valence-electron chi connectivity index (χ3n) is 3.80. The molecule has 21 heavy (non-hydrogen) atoms. The average molecular weight is 308 g/mol. The number of carbonyl (C=O) groups excluding carboxylic acids is 1. The van der Waals surface area contributed by atoms with Crippen molar-refractivity contribution in [3.8, 4) is 0 Å². The number of rotatable bonds is 4. The van der Waals surface area contributed by atoms with Crippen LogP contribution in [0.25, 0.3) is 6.08 Å². The van der Waals surface area contributed by atoms with Crippen LogP contribution in [0.3, 0.4) is 0 Å². The second-order valence-corrected chi connectivity index (χ2v) is 5.70. The summed E-state index contributed by atoms with van der Waals surface area (Å²) in [6.45, 7) is 0. The van der Waals surface area contributed by atoms with Crippen molar-refractivity contribution in [3.63, 3.8) is 0 Å². The molecule has 112 valence electrons. The summed E-state index contributed by atoms with van der Waals surface area (Å²) >= 11 is 6.00. The molecule has 1 aliphatic rings. The van der Waals surface area contributed by atoms with Gasteiger partial charge in [0.15, 0.2) is 0 Å². The molecule has 0 heterocycles. The Morgan fingerprint density at radius 3 is 2.48 bits per heavy atom. The summed E-state index contributed by atoms with van der Waals surface area (Å²) in [6, 6.07) is 7.16. The molecular weight excluding hydrogens is 290 g/mol. The van der Waals surface area contributed by atoms with Crippen LogP contribution in [0, 0.1) is 0 Å². The number of carboxylic acid groups (broad SMARTS) is 1. The molecule has 1 amide bonds. The van der Waals surface area contributed by atoms with Crippen molar-refractivity contribution in [2.24, 2.45) is 0 Å². The van der Waals surface area contributed by atoms with E-state index in [2.05, 4.69) is 5.32 Å². The third-order valence-corrected chi connectivity index (χ3v) is 4.14. The van der Waals surface area contributed by atoms with Gasteiger partial charge < -0.3 is 10.4 Å². The van der Waals surface area contributed by atoms with Crippen LogP contribution in [0.1, 0.15) is 37.7 Å². The number of hydrogen-bond acceptors (Lipinski definition) is 2. The van der Waals surface area contributed by atoms with E-state index in [-0.39, 0.29) is 0 Å². The van der Waals surface area contributed by atoms with Crippen molar-refractivity contribution in [2.45, 2.75) is 37.6 Å². The Labute approximate surface area is 128 Å². The van der Waals surface area contributed by atoms with Gasteiger partial charge in [0.25, 0.3) is 0 Å². The minimum atomic E-state index is -1.12. The number of amides is 1. The number of aliphatic carboxylic acids is 1. The van der Waals surface area contributed by atoms with Crippen molar-refractivity contribution in [1.29, 1.82) is 0 Å². The van der Waals surface area contributed by atoms with Crippen molar-refractivity contribution < 1.29 is 14.7 Å². The topological polar surface area (TPSA) is 66.4 Å². The molecule has 0 atom stereocenters. The number of carbonyl (C=O) groups is 2. The van der Waals surface area contributed by atoms with E-state index in [4.69, 9.17) is 11.6 Å². The highest BCUT2D eigenvalue weighted by molar-refractivity contribution is 6.32. The molecule has 2 rings (SSSR count). The minimum Gasteiger partial charge on any atom is -0.480 e. The van der Waals surface area contributed by atoms with E-state index in [9.17, 15) is 14.7 Å². The first-order chi connectivity index (χ1) is 10.0. The molecule has 0 aromatic heterocycles. The summed E-state index contributed by atoms with van der Waals surface area (Å²) < 4.78 is 0. The Hall–Kier alpha value is -1.81. The lowest BCUT2D eigenvalue weighted by Crippen LogP contribution is -2.55. The van der Waals surface area contributed by atoms with Gasteiger partial charge in [-0.3, -0.25) is 4.79 Å². The first kappa shape index (κ1) is 15.6. The Morgan fingerprint density at radius 1 is 1.19 bits per heavy atom. The van der Waals surface area contributed by atoms with Gasteiger partial charge >= 0.3 is 5.97 Å². The first-order valence-electron chi connectivity index (χ1n) is 7.02. The van der Waals surface area contributed by atoms with Crippen LogP contribution < -0.4 is 5.32 Å². The molecule has 0 aliphatic heterocycles. The zero-order valence-corrected chi connectivity index (χ0v) is 12.4. The molecule has 0 spiro atoms. The number of halogens is 1. The summed E-state index contributed by atoms with van der Waals surface area (Å²) in [6.07, 6.45) is 6.54. The Balaban J connectivity index is 2.06. The molecule has 2 N–H and O–H groups in total. The highest BCUT2D eigenvalue weighted by atomic mass is 35.5. The van der Waals surface area contributed by atoms with Crippen LogP contribution in [0.2, 0.25) is 5.02 Å². The molecule has 0 bridgehead atoms. The van der Waals surface area contributed by atoms with Crippen LogP contribution in [0.5, 0.6) is 0 Å². The van der Waals surface area contributed by atoms with Crippen LogP contribution in [-0.4, -0.2) is 22.5 Å². The standard InChI is InChI=1S/C16H18ClNO3/c17-13-7-3-2-6-12(13)8-9-14(19)18-16(15(20)21)10-4-1-5-11-16/h2-3,6-9H,1,4-5,10-11H2,(H,18,19)(H,20,21)/b9-8+. The Morgan fingerprint density at radius 2 is 1.86 bits per heavy atom. The third kappa shape index (κ3) is 3.85. The molecule has 0 saturated heterocycles. The summed E-state index contributed by atoms with van der Waals surface area (Å²) in [5.41, 5.74) is -0.400. The largest absolute Gasteiger partial charge is 0.480 e. The molecule has 5 heteroatoms. The van der Waals surface area contributed by atoms with E-state index in [1.165, 1.54) is 6.08 Å². The van der Waals surface area contributed by atoms with Crippen LogP contribution in [0.4, 0.5) is 0 Å². The SMILES string of the molecule is O=C(/C=C/c1ccccc1Cl)NC1(C(=O)O)CCCCC1. The van der Waals surface area contributed by atoms with E-state index < -0.39 is 17.4 Å². The van der Waals surface area contributed by atoms with E-state index in [1.54, 1.807) is 24.3 Å². The van der Waals surface area contributed by atoms with Gasteiger partial charge in [-0.25, -0.2) is 4.79 Å². The number of nitrogens with one attached hydrogen (secondary N) is 1. The number of carboxylic acids is 1. The second-order valence-electron chi connectivity index (χ2n) is 5.29. The summed E-state index contributed by atoms with van der Waals surface area (Å²) in [7, 11) is 0. The van der Waals surface area contributed by atoms with Gasteiger partial charge in [-0.2, -0.15) is 0 Å². The number of benzene rings is 1. The molecule has 4 nitrogen and oxygen atoms in total. The van der Waals surface area contributed by atoms with Crippen molar-refractivity contribution in [1.82, 2.24) is 5.32 Å². The molecule has 0 unspecified atom stereocenters. The summed E-state index contributed by atoms with van der Waals surface area (Å²) in [5, 5.41) is 12.6. The zero-order valence-electron chi connectivity index (χ0n) is 11.6. The molecule has 1 aromatic carbocycles. The van der Waals surface area contributed by atoms with Crippen molar-refractivity contribution in [3.05, 3.63) is 40.9 Å². The summed E-state index contributed by atoms with van der Waals surface area (Å²) in [4.78, 5) is 23.5. The lowest BCUT2D eigenvalue weighted by atomic mass is 9.81. The zero-order chi connectivity index (χ0) is 15.3. The first-order valence-corrected chi connectivity index (χ1v) is 7.39. The van der Waals surface area contributed by atoms with E-state index in [0.717, 1.165) is 24.8 Å². The van der Waals surface area contributed by atoms with Crippen molar-refractivity contribution >= 4 is 29.6 Å². The highest BCUT2D eigenvalue weighted by Gasteiger charge is 2.40. The fraction of sp³-hybridized carbons (Fsp3) is 0.375. The normalized spacial score (nSPS) is 17.6. The van der Waals surface area contributed by atoms with Crippen molar-refractivity contribution in [2.75, 3.05) is 0 Å². The van der Waals surface area contributed by atoms with E-state index in [0.29, 0.717) is 17.9 Å². The minimum absolute atomic E-state index is 0.404. The molecule has 1 fully saturated rings. The molecule has 1 aromatic rings. The second kappa shape index (κ2) is 6.76. The monoisotopic (exact) mass is 307 g/mol. The lowest BCUT2D eigenvalue weighted by Gasteiger charge is -2.33. The quantitative estimate of drug-likeness (QED) is 0.839. The van der Waals surface area contributed by atoms with Gasteiger partial charge in [0, 0.05) is 11.1 Å². The molecule has 0 radical (unpaired) electrons. The van der Waals surface area contributed by atoms with Crippen LogP contribution in [-0.2, 0) is 9.59 Å². The molecular formula is C16H18ClNO3. The maximum atomic E-state index is 12.0. The molecule has 1 saturated carbocycles. The average Bonchev–Trinajstić information content (AvgIpc) is 2.47. The van der Waals surface area contributed by atoms with Gasteiger partial charge in [0.1, 0.15) is 5.54 Å². The van der Waals surface area contributed by atoms with Gasteiger partial charge in [-0.1, -0.05) is 49.1 Å². The smallest absolute Gasteiger partial charge is 0.329 e. The van der Waals surface area contributed by atoms with Gasteiger partial charge in [0.05, 0.1) is 0 Å². The predicted octanol–water partition coefficient (Wildman–Crippen LogP) is 3.26. The van der Waals surface area contributed by atoms with Crippen LogP contribution in [0.15, 0.2) is 30.3 Å². The lowest BCUT2D eigenvalue weighted by molar-refractivity contribution is -0.148. The highest BCUT2D eigenvalue weighted by Crippen LogP contribution is 2.28. The maximum Gasteiger partial charge on any atom is 0.329 e. The van der Waals surface area contributed by atoms with Gasteiger partial charge in [-0.15, -0.1) is 0 Å². The predicted molar refractivity (Wildman–Crippen MR) is 82.1 cm³/mol. The fourth-order valence-corrected chi connectivity index (χ4v) is 2.80. The molecule has 1 aliphatic carbocycles. The summed E-state index contributed by atoms with van der Waals surface area (Å²) in [5.74, 6) is -1.36. The van der Waals surface area contributed by atoms with Gasteiger partial charge in [-0.05, 0) is 30.5 Å².